The number of aromatic nitrogens is 1. The predicted molar refractivity (Wildman–Crippen MR) is 254 cm³/mol. The fourth-order valence-corrected chi connectivity index (χ4v) is 10.1. The fraction of sp³-hybridized carbons (Fsp3) is 0.105. The summed E-state index contributed by atoms with van der Waals surface area (Å²) in [4.78, 5) is 5.24. The molecule has 4 heteroatoms. The smallest absolute Gasteiger partial charge is 0.145 e. The first-order valence-corrected chi connectivity index (χ1v) is 21.5. The van der Waals surface area contributed by atoms with Crippen molar-refractivity contribution in [1.29, 1.82) is 0 Å². The monoisotopic (exact) mass is 785 g/mol. The fourth-order valence-electron chi connectivity index (χ4n) is 10.1. The van der Waals surface area contributed by atoms with Crippen molar-refractivity contribution in [2.45, 2.75) is 38.3 Å². The molecule has 3 aliphatic rings. The van der Waals surface area contributed by atoms with Gasteiger partial charge in [0.25, 0.3) is 0 Å². The average molecular weight is 786 g/mol. The van der Waals surface area contributed by atoms with Gasteiger partial charge in [-0.3, -0.25) is 4.99 Å². The van der Waals surface area contributed by atoms with Crippen LogP contribution in [-0.2, 0) is 6.42 Å². The zero-order chi connectivity index (χ0) is 40.4. The molecule has 9 aromatic rings. The van der Waals surface area contributed by atoms with Crippen LogP contribution >= 0.6 is 0 Å². The van der Waals surface area contributed by atoms with Crippen LogP contribution < -0.4 is 5.32 Å². The van der Waals surface area contributed by atoms with Crippen LogP contribution in [-0.4, -0.2) is 10.3 Å². The highest BCUT2D eigenvalue weighted by molar-refractivity contribution is 6.18. The third-order valence-corrected chi connectivity index (χ3v) is 13.0. The van der Waals surface area contributed by atoms with Crippen LogP contribution in [0.1, 0.15) is 65.2 Å². The Morgan fingerprint density at radius 1 is 0.639 bits per heavy atom. The lowest BCUT2D eigenvalue weighted by atomic mass is 9.82. The molecule has 2 atom stereocenters. The van der Waals surface area contributed by atoms with E-state index in [9.17, 15) is 0 Å². The number of rotatable bonds is 6. The molecule has 61 heavy (non-hydrogen) atoms. The van der Waals surface area contributed by atoms with Gasteiger partial charge in [0, 0.05) is 56.0 Å². The maximum atomic E-state index is 6.87. The standard InChI is InChI=1S/C57H43N3O/c1-36-55(39-20-10-4-11-21-39)58-57(40-22-12-5-13-23-40)59-56(36)42-26-29-45-46-30-28-43(34-53(46)61-52(45)33-42)60-50-31-27-41(37-16-6-2-7-17-37)32-49(50)54-47-25-15-14-24-44(47)48(35-51(54)60)38-18-8-3-9-19-38/h2-13,15-18,20-23,25-35,38,57,59H,14,19,24H2,1H3. The van der Waals surface area contributed by atoms with Gasteiger partial charge in [0.1, 0.15) is 17.3 Å². The highest BCUT2D eigenvalue weighted by Gasteiger charge is 2.27. The Morgan fingerprint density at radius 2 is 1.38 bits per heavy atom. The van der Waals surface area contributed by atoms with Gasteiger partial charge >= 0.3 is 0 Å². The zero-order valence-electron chi connectivity index (χ0n) is 34.0. The van der Waals surface area contributed by atoms with Crippen LogP contribution in [0.5, 0.6) is 0 Å². The lowest BCUT2D eigenvalue weighted by molar-refractivity contribution is 0.657. The minimum absolute atomic E-state index is 0.216. The van der Waals surface area contributed by atoms with E-state index in [4.69, 9.17) is 9.41 Å². The summed E-state index contributed by atoms with van der Waals surface area (Å²) < 4.78 is 9.34. The van der Waals surface area contributed by atoms with Crippen LogP contribution in [0.3, 0.4) is 0 Å². The van der Waals surface area contributed by atoms with Crippen molar-refractivity contribution in [1.82, 2.24) is 9.88 Å². The molecule has 1 aliphatic heterocycles. The maximum Gasteiger partial charge on any atom is 0.145 e. The van der Waals surface area contributed by atoms with Crippen LogP contribution in [0, 0.1) is 0 Å². The Morgan fingerprint density at radius 3 is 2.16 bits per heavy atom. The molecular weight excluding hydrogens is 743 g/mol. The third kappa shape index (κ3) is 5.93. The summed E-state index contributed by atoms with van der Waals surface area (Å²) in [6.45, 7) is 2.17. The van der Waals surface area contributed by atoms with Crippen molar-refractivity contribution < 1.29 is 4.42 Å². The molecule has 292 valence electrons. The summed E-state index contributed by atoms with van der Waals surface area (Å²) in [5.74, 6) is 0.350. The molecule has 0 radical (unpaired) electrons. The van der Waals surface area contributed by atoms with Gasteiger partial charge < -0.3 is 14.3 Å². The molecule has 0 amide bonds. The van der Waals surface area contributed by atoms with E-state index >= 15 is 0 Å². The van der Waals surface area contributed by atoms with Crippen molar-refractivity contribution >= 4 is 61.2 Å². The van der Waals surface area contributed by atoms with E-state index in [1.807, 2.05) is 0 Å². The van der Waals surface area contributed by atoms with Gasteiger partial charge in [-0.2, -0.15) is 0 Å². The predicted octanol–water partition coefficient (Wildman–Crippen LogP) is 14.4. The van der Waals surface area contributed by atoms with Gasteiger partial charge in [0.15, 0.2) is 0 Å². The van der Waals surface area contributed by atoms with Gasteiger partial charge in [-0.15, -0.1) is 0 Å². The maximum absolute atomic E-state index is 6.87. The number of nitrogens with one attached hydrogen (secondary N) is 1. The van der Waals surface area contributed by atoms with Crippen molar-refractivity contribution in [2.24, 2.45) is 4.99 Å². The number of aliphatic imine (C=N–C) groups is 1. The Labute approximate surface area is 355 Å². The Bertz CT molecular complexity index is 3360. The second-order valence-corrected chi connectivity index (χ2v) is 16.6. The van der Waals surface area contributed by atoms with E-state index in [-0.39, 0.29) is 6.17 Å². The molecular formula is C57H43N3O. The lowest BCUT2D eigenvalue weighted by Crippen LogP contribution is -2.27. The van der Waals surface area contributed by atoms with Gasteiger partial charge in [-0.05, 0) is 108 Å². The number of benzene rings is 7. The number of furan rings is 1. The Kier molecular flexibility index (Phi) is 8.38. The molecule has 2 unspecified atom stereocenters. The molecule has 12 rings (SSSR count). The van der Waals surface area contributed by atoms with E-state index in [2.05, 4.69) is 205 Å². The molecule has 0 saturated heterocycles. The van der Waals surface area contributed by atoms with Crippen LogP contribution in [0.15, 0.2) is 197 Å². The van der Waals surface area contributed by atoms with Crippen LogP contribution in [0.2, 0.25) is 0 Å². The van der Waals surface area contributed by atoms with E-state index in [0.717, 1.165) is 80.6 Å². The summed E-state index contributed by atoms with van der Waals surface area (Å²) in [6, 6.07) is 54.6. The van der Waals surface area contributed by atoms with Gasteiger partial charge in [0.05, 0.1) is 16.7 Å². The molecule has 3 heterocycles. The minimum atomic E-state index is -0.216. The van der Waals surface area contributed by atoms with Gasteiger partial charge in [0.2, 0.25) is 0 Å². The van der Waals surface area contributed by atoms with Crippen molar-refractivity contribution in [3.63, 3.8) is 0 Å². The number of hydrogen-bond donors (Lipinski definition) is 1. The molecule has 7 aromatic carbocycles. The molecule has 0 bridgehead atoms. The first kappa shape index (κ1) is 35.5. The van der Waals surface area contributed by atoms with Gasteiger partial charge in [-0.25, -0.2) is 0 Å². The van der Waals surface area contributed by atoms with E-state index in [1.54, 1.807) is 0 Å². The lowest BCUT2D eigenvalue weighted by Gasteiger charge is -2.28. The second-order valence-electron chi connectivity index (χ2n) is 16.6. The Hall–Kier alpha value is -7.43. The van der Waals surface area contributed by atoms with E-state index in [0.29, 0.717) is 5.92 Å². The Balaban J connectivity index is 1.02. The van der Waals surface area contributed by atoms with E-state index in [1.165, 1.54) is 49.6 Å². The molecule has 4 nitrogen and oxygen atoms in total. The first-order chi connectivity index (χ1) is 30.2. The molecule has 1 N–H and O–H groups in total. The highest BCUT2D eigenvalue weighted by atomic mass is 16.3. The topological polar surface area (TPSA) is 42.5 Å². The summed E-state index contributed by atoms with van der Waals surface area (Å²) in [5, 5.41) is 8.60. The van der Waals surface area contributed by atoms with E-state index < -0.39 is 0 Å². The van der Waals surface area contributed by atoms with Crippen molar-refractivity contribution in [2.75, 3.05) is 0 Å². The molecule has 0 saturated carbocycles. The normalized spacial score (nSPS) is 17.4. The zero-order valence-corrected chi connectivity index (χ0v) is 34.0. The SMILES string of the molecule is CC1=C(c2ccc3c(c2)oc2cc(-n4c5ccc(-c6ccccc6)cc5c5c6c(c(C7C=CC=CC7)cc54)CCC=C6)ccc23)NC(c2ccccc2)N=C1c1ccccc1. The van der Waals surface area contributed by atoms with Crippen molar-refractivity contribution in [3.8, 4) is 16.8 Å². The quantitative estimate of drug-likeness (QED) is 0.182. The number of fused-ring (bicyclic) bond motifs is 8. The average Bonchev–Trinajstić information content (AvgIpc) is 3.87. The first-order valence-electron chi connectivity index (χ1n) is 21.5. The van der Waals surface area contributed by atoms with Gasteiger partial charge in [-0.1, -0.05) is 140 Å². The third-order valence-electron chi connectivity index (χ3n) is 13.0. The number of allylic oxidation sites excluding steroid dienone is 6. The summed E-state index contributed by atoms with van der Waals surface area (Å²) >= 11 is 0. The molecule has 2 aliphatic carbocycles. The number of hydrogen-bond acceptors (Lipinski definition) is 3. The summed E-state index contributed by atoms with van der Waals surface area (Å²) in [5.41, 5.74) is 18.4. The largest absolute Gasteiger partial charge is 0.456 e. The van der Waals surface area contributed by atoms with Crippen LogP contribution in [0.4, 0.5) is 0 Å². The minimum Gasteiger partial charge on any atom is -0.456 e. The molecule has 0 spiro atoms. The number of nitrogens with zero attached hydrogens (tertiary/aromatic N) is 2. The second kappa shape index (κ2) is 14.4. The molecule has 2 aromatic heterocycles. The molecule has 0 fully saturated rings. The van der Waals surface area contributed by atoms with Crippen molar-refractivity contribution in [3.05, 3.63) is 221 Å². The summed E-state index contributed by atoms with van der Waals surface area (Å²) in [6.07, 6.45) is 16.8. The highest BCUT2D eigenvalue weighted by Crippen LogP contribution is 2.44. The summed E-state index contributed by atoms with van der Waals surface area (Å²) in [7, 11) is 0. The van der Waals surface area contributed by atoms with Crippen LogP contribution in [0.25, 0.3) is 72.3 Å².